The van der Waals surface area contributed by atoms with Crippen LogP contribution in [0.3, 0.4) is 0 Å². The van der Waals surface area contributed by atoms with E-state index in [1.807, 2.05) is 6.92 Å². The second kappa shape index (κ2) is 6.47. The molecule has 2 unspecified atom stereocenters. The molecule has 2 rings (SSSR count). The topological polar surface area (TPSA) is 87.1 Å². The Morgan fingerprint density at radius 3 is 2.79 bits per heavy atom. The minimum Gasteiger partial charge on any atom is -0.391 e. The van der Waals surface area contributed by atoms with E-state index < -0.39 is 6.10 Å². The van der Waals surface area contributed by atoms with Gasteiger partial charge in [-0.05, 0) is 31.9 Å². The Kier molecular flexibility index (Phi) is 4.68. The minimum atomic E-state index is -0.452. The van der Waals surface area contributed by atoms with E-state index in [1.54, 1.807) is 12.1 Å². The number of aliphatic hydroxyl groups is 1. The van der Waals surface area contributed by atoms with Crippen LogP contribution < -0.4 is 10.6 Å². The van der Waals surface area contributed by atoms with Gasteiger partial charge in [-0.2, -0.15) is 0 Å². The predicted molar refractivity (Wildman–Crippen MR) is 71.9 cm³/mol. The largest absolute Gasteiger partial charge is 0.391 e. The summed E-state index contributed by atoms with van der Waals surface area (Å²) in [6, 6.07) is 3.19. The highest BCUT2D eigenvalue weighted by Gasteiger charge is 2.25. The highest BCUT2D eigenvalue weighted by atomic mass is 16.3. The Morgan fingerprint density at radius 1 is 1.37 bits per heavy atom. The number of carbonyl (C=O) groups is 1. The van der Waals surface area contributed by atoms with E-state index in [2.05, 4.69) is 20.8 Å². The fourth-order valence-electron chi connectivity index (χ4n) is 2.25. The van der Waals surface area contributed by atoms with Crippen LogP contribution >= 0.6 is 0 Å². The van der Waals surface area contributed by atoms with Gasteiger partial charge in [0, 0.05) is 6.54 Å². The Hall–Kier alpha value is -1.69. The molecule has 0 aliphatic heterocycles. The van der Waals surface area contributed by atoms with Crippen molar-refractivity contribution >= 4 is 11.7 Å². The van der Waals surface area contributed by atoms with Gasteiger partial charge in [-0.1, -0.05) is 12.8 Å². The lowest BCUT2D eigenvalue weighted by Crippen LogP contribution is -2.45. The maximum atomic E-state index is 12.0. The maximum Gasteiger partial charge on any atom is 0.272 e. The van der Waals surface area contributed by atoms with Crippen LogP contribution in [-0.4, -0.2) is 39.9 Å². The number of nitrogens with one attached hydrogen (secondary N) is 2. The zero-order chi connectivity index (χ0) is 13.7. The molecule has 0 radical (unpaired) electrons. The molecule has 1 aliphatic rings. The van der Waals surface area contributed by atoms with Gasteiger partial charge in [-0.15, -0.1) is 10.2 Å². The minimum absolute atomic E-state index is 0.170. The first-order valence-electron chi connectivity index (χ1n) is 6.77. The average molecular weight is 264 g/mol. The molecule has 19 heavy (non-hydrogen) atoms. The summed E-state index contributed by atoms with van der Waals surface area (Å²) >= 11 is 0. The van der Waals surface area contributed by atoms with E-state index in [0.29, 0.717) is 5.82 Å². The van der Waals surface area contributed by atoms with Crippen LogP contribution in [0.5, 0.6) is 0 Å². The number of amides is 1. The predicted octanol–water partition coefficient (Wildman–Crippen LogP) is 0.942. The zero-order valence-corrected chi connectivity index (χ0v) is 11.1. The molecular weight excluding hydrogens is 244 g/mol. The Labute approximate surface area is 112 Å². The van der Waals surface area contributed by atoms with Gasteiger partial charge in [-0.3, -0.25) is 4.79 Å². The Morgan fingerprint density at radius 2 is 2.16 bits per heavy atom. The molecule has 3 N–H and O–H groups in total. The molecule has 0 bridgehead atoms. The van der Waals surface area contributed by atoms with Gasteiger partial charge in [-0.25, -0.2) is 0 Å². The van der Waals surface area contributed by atoms with Crippen LogP contribution in [0.4, 0.5) is 5.82 Å². The van der Waals surface area contributed by atoms with Crippen molar-refractivity contribution in [1.82, 2.24) is 15.5 Å². The summed E-state index contributed by atoms with van der Waals surface area (Å²) in [6.07, 6.45) is 3.16. The van der Waals surface area contributed by atoms with Crippen LogP contribution in [0.2, 0.25) is 0 Å². The van der Waals surface area contributed by atoms with Crippen molar-refractivity contribution in [2.24, 2.45) is 0 Å². The number of carbonyl (C=O) groups excluding carboxylic acids is 1. The first kappa shape index (κ1) is 13.7. The number of nitrogens with zero attached hydrogens (tertiary/aromatic N) is 2. The third kappa shape index (κ3) is 3.64. The van der Waals surface area contributed by atoms with Gasteiger partial charge in [0.15, 0.2) is 5.69 Å². The van der Waals surface area contributed by atoms with E-state index >= 15 is 0 Å². The van der Waals surface area contributed by atoms with Crippen molar-refractivity contribution in [2.75, 3.05) is 11.9 Å². The van der Waals surface area contributed by atoms with Crippen molar-refractivity contribution in [2.45, 2.75) is 44.8 Å². The molecule has 6 nitrogen and oxygen atoms in total. The summed E-state index contributed by atoms with van der Waals surface area (Å²) in [7, 11) is 0. The van der Waals surface area contributed by atoms with Crippen molar-refractivity contribution in [3.63, 3.8) is 0 Å². The molecule has 1 aromatic rings. The number of aliphatic hydroxyl groups excluding tert-OH is 1. The number of anilines is 1. The summed E-state index contributed by atoms with van der Waals surface area (Å²) in [5.74, 6) is 0.373. The lowest BCUT2D eigenvalue weighted by atomic mass is 9.92. The van der Waals surface area contributed by atoms with Gasteiger partial charge >= 0.3 is 0 Å². The standard InChI is InChI=1S/C13H20N4O2/c1-2-14-12-8-7-10(16-17-12)13(19)15-9-5-3-4-6-11(9)18/h7-9,11,18H,2-6H2,1H3,(H,14,17)(H,15,19). The van der Waals surface area contributed by atoms with E-state index in [0.717, 1.165) is 32.2 Å². The zero-order valence-electron chi connectivity index (χ0n) is 11.1. The highest BCUT2D eigenvalue weighted by Crippen LogP contribution is 2.18. The maximum absolute atomic E-state index is 12.0. The van der Waals surface area contributed by atoms with E-state index in [4.69, 9.17) is 0 Å². The number of hydrogen-bond acceptors (Lipinski definition) is 5. The first-order valence-corrected chi connectivity index (χ1v) is 6.77. The molecule has 6 heteroatoms. The SMILES string of the molecule is CCNc1ccc(C(=O)NC2CCCCC2O)nn1. The van der Waals surface area contributed by atoms with Crippen LogP contribution in [0.15, 0.2) is 12.1 Å². The van der Waals surface area contributed by atoms with Crippen LogP contribution in [-0.2, 0) is 0 Å². The third-order valence-corrected chi connectivity index (χ3v) is 3.30. The fraction of sp³-hybridized carbons (Fsp3) is 0.615. The van der Waals surface area contributed by atoms with Crippen LogP contribution in [0, 0.1) is 0 Å². The molecule has 0 spiro atoms. The third-order valence-electron chi connectivity index (χ3n) is 3.30. The van der Waals surface area contributed by atoms with Crippen LogP contribution in [0.25, 0.3) is 0 Å². The Balaban J connectivity index is 1.95. The second-order valence-electron chi connectivity index (χ2n) is 4.77. The van der Waals surface area contributed by atoms with E-state index in [-0.39, 0.29) is 17.6 Å². The molecule has 1 saturated carbocycles. The summed E-state index contributed by atoms with van der Waals surface area (Å²) in [5.41, 5.74) is 0.277. The average Bonchev–Trinajstić information content (AvgIpc) is 2.42. The van der Waals surface area contributed by atoms with Crippen LogP contribution in [0.1, 0.15) is 43.1 Å². The second-order valence-corrected chi connectivity index (χ2v) is 4.77. The van der Waals surface area contributed by atoms with Crippen molar-refractivity contribution in [3.8, 4) is 0 Å². The highest BCUT2D eigenvalue weighted by molar-refractivity contribution is 5.92. The molecule has 0 saturated heterocycles. The first-order chi connectivity index (χ1) is 9.20. The molecular formula is C13H20N4O2. The van der Waals surface area contributed by atoms with Crippen molar-refractivity contribution in [3.05, 3.63) is 17.8 Å². The molecule has 1 aromatic heterocycles. The molecule has 0 aromatic carbocycles. The van der Waals surface area contributed by atoms with E-state index in [1.165, 1.54) is 0 Å². The normalized spacial score (nSPS) is 22.8. The number of rotatable bonds is 4. The van der Waals surface area contributed by atoms with Crippen molar-refractivity contribution < 1.29 is 9.90 Å². The Bertz CT molecular complexity index is 421. The monoisotopic (exact) mass is 264 g/mol. The molecule has 1 aliphatic carbocycles. The van der Waals surface area contributed by atoms with Gasteiger partial charge in [0.1, 0.15) is 5.82 Å². The van der Waals surface area contributed by atoms with Gasteiger partial charge in [0.25, 0.3) is 5.91 Å². The molecule has 1 amide bonds. The quantitative estimate of drug-likeness (QED) is 0.753. The molecule has 1 fully saturated rings. The van der Waals surface area contributed by atoms with Crippen molar-refractivity contribution in [1.29, 1.82) is 0 Å². The van der Waals surface area contributed by atoms with Gasteiger partial charge < -0.3 is 15.7 Å². The fourth-order valence-corrected chi connectivity index (χ4v) is 2.25. The number of aromatic nitrogens is 2. The molecule has 104 valence electrons. The summed E-state index contributed by atoms with van der Waals surface area (Å²) < 4.78 is 0. The molecule has 2 atom stereocenters. The lowest BCUT2D eigenvalue weighted by molar-refractivity contribution is 0.0713. The molecule has 1 heterocycles. The lowest BCUT2D eigenvalue weighted by Gasteiger charge is -2.28. The van der Waals surface area contributed by atoms with E-state index in [9.17, 15) is 9.90 Å². The van der Waals surface area contributed by atoms with Gasteiger partial charge in [0.2, 0.25) is 0 Å². The number of hydrogen-bond donors (Lipinski definition) is 3. The summed E-state index contributed by atoms with van der Waals surface area (Å²) in [5, 5.41) is 23.5. The van der Waals surface area contributed by atoms with Gasteiger partial charge in [0.05, 0.1) is 12.1 Å². The summed E-state index contributed by atoms with van der Waals surface area (Å²) in [6.45, 7) is 2.72. The summed E-state index contributed by atoms with van der Waals surface area (Å²) in [4.78, 5) is 12.0. The smallest absolute Gasteiger partial charge is 0.272 e.